The Bertz CT molecular complexity index is 3100. The molecule has 0 aliphatic carbocycles. The van der Waals surface area contributed by atoms with E-state index < -0.39 is 0 Å². The minimum atomic E-state index is 0.359. The lowest BCUT2D eigenvalue weighted by molar-refractivity contribution is 1.17. The summed E-state index contributed by atoms with van der Waals surface area (Å²) in [7, 11) is 0. The molecule has 10 aromatic rings. The maximum absolute atomic E-state index is 10.1. The fourth-order valence-corrected chi connectivity index (χ4v) is 8.28. The van der Waals surface area contributed by atoms with Crippen LogP contribution in [0.3, 0.4) is 0 Å². The van der Waals surface area contributed by atoms with Gasteiger partial charge < -0.3 is 9.13 Å². The molecule has 0 saturated heterocycles. The Balaban J connectivity index is 1.36. The second-order valence-corrected chi connectivity index (χ2v) is 13.5. The van der Waals surface area contributed by atoms with E-state index in [2.05, 4.69) is 173 Å². The second kappa shape index (κ2) is 12.5. The SMILES string of the molecule is N#Cc1ccc(-c2c(-c3ccccc3)cc(-n3c4ccccc4c4c3ccc3c5ccccc5n(-c5ccccc5)c34)cc2-c2ccccc2)cc1C#N. The van der Waals surface area contributed by atoms with Crippen LogP contribution in [0.4, 0.5) is 0 Å². The Labute approximate surface area is 312 Å². The number of benzene rings is 8. The summed E-state index contributed by atoms with van der Waals surface area (Å²) in [5, 5.41) is 24.6. The number of hydrogen-bond donors (Lipinski definition) is 0. The van der Waals surface area contributed by atoms with Crippen molar-refractivity contribution in [3.8, 4) is 56.9 Å². The first-order valence-corrected chi connectivity index (χ1v) is 18.0. The fourth-order valence-electron chi connectivity index (χ4n) is 8.28. The zero-order valence-corrected chi connectivity index (χ0v) is 29.1. The van der Waals surface area contributed by atoms with Crippen molar-refractivity contribution >= 4 is 43.6 Å². The molecule has 10 rings (SSSR count). The molecule has 0 amide bonds. The highest BCUT2D eigenvalue weighted by atomic mass is 15.0. The molecule has 0 atom stereocenters. The predicted octanol–water partition coefficient (Wildman–Crippen LogP) is 12.6. The van der Waals surface area contributed by atoms with Crippen molar-refractivity contribution in [2.75, 3.05) is 0 Å². The van der Waals surface area contributed by atoms with Crippen LogP contribution in [0.5, 0.6) is 0 Å². The topological polar surface area (TPSA) is 57.4 Å². The van der Waals surface area contributed by atoms with Crippen molar-refractivity contribution in [1.82, 2.24) is 9.13 Å². The molecule has 0 radical (unpaired) electrons. The van der Waals surface area contributed by atoms with E-state index in [9.17, 15) is 10.5 Å². The van der Waals surface area contributed by atoms with Crippen LogP contribution in [-0.4, -0.2) is 9.13 Å². The molecule has 0 aliphatic heterocycles. The van der Waals surface area contributed by atoms with Gasteiger partial charge in [-0.05, 0) is 88.0 Å². The van der Waals surface area contributed by atoms with Crippen molar-refractivity contribution in [3.63, 3.8) is 0 Å². The second-order valence-electron chi connectivity index (χ2n) is 13.5. The summed E-state index contributed by atoms with van der Waals surface area (Å²) in [5.41, 5.74) is 13.5. The monoisotopic (exact) mass is 686 g/mol. The largest absolute Gasteiger partial charge is 0.309 e. The molecule has 8 aromatic carbocycles. The molecule has 0 N–H and O–H groups in total. The molecule has 2 heterocycles. The molecule has 0 unspecified atom stereocenters. The van der Waals surface area contributed by atoms with Crippen molar-refractivity contribution in [1.29, 1.82) is 10.5 Å². The molecular weight excluding hydrogens is 657 g/mol. The summed E-state index contributed by atoms with van der Waals surface area (Å²) in [6.07, 6.45) is 0. The van der Waals surface area contributed by atoms with E-state index in [1.807, 2.05) is 24.3 Å². The van der Waals surface area contributed by atoms with Crippen LogP contribution < -0.4 is 0 Å². The Morgan fingerprint density at radius 1 is 0.370 bits per heavy atom. The van der Waals surface area contributed by atoms with Crippen LogP contribution in [0.15, 0.2) is 182 Å². The molecule has 2 aromatic heterocycles. The third-order valence-corrected chi connectivity index (χ3v) is 10.6. The molecule has 4 nitrogen and oxygen atoms in total. The van der Waals surface area contributed by atoms with Crippen LogP contribution in [-0.2, 0) is 0 Å². The Hall–Kier alpha value is -7.66. The number of hydrogen-bond acceptors (Lipinski definition) is 2. The normalized spacial score (nSPS) is 11.3. The van der Waals surface area contributed by atoms with Crippen molar-refractivity contribution in [2.24, 2.45) is 0 Å². The third-order valence-electron chi connectivity index (χ3n) is 10.6. The zero-order chi connectivity index (χ0) is 36.2. The Morgan fingerprint density at radius 2 is 0.926 bits per heavy atom. The van der Waals surface area contributed by atoms with Gasteiger partial charge in [0, 0.05) is 32.9 Å². The summed E-state index contributed by atoms with van der Waals surface area (Å²) >= 11 is 0. The van der Waals surface area contributed by atoms with Crippen LogP contribution in [0.1, 0.15) is 11.1 Å². The van der Waals surface area contributed by atoms with Crippen LogP contribution >= 0.6 is 0 Å². The average molecular weight is 687 g/mol. The van der Waals surface area contributed by atoms with Gasteiger partial charge in [0.1, 0.15) is 12.1 Å². The summed E-state index contributed by atoms with van der Waals surface area (Å²) in [5.74, 6) is 0. The van der Waals surface area contributed by atoms with E-state index in [4.69, 9.17) is 0 Å². The molecule has 0 saturated carbocycles. The number of nitriles is 2. The Kier molecular flexibility index (Phi) is 7.22. The number of rotatable bonds is 5. The first kappa shape index (κ1) is 31.1. The minimum Gasteiger partial charge on any atom is -0.309 e. The maximum Gasteiger partial charge on any atom is 0.101 e. The highest BCUT2D eigenvalue weighted by Crippen LogP contribution is 2.46. The molecule has 4 heteroatoms. The van der Waals surface area contributed by atoms with E-state index in [0.29, 0.717) is 11.1 Å². The highest BCUT2D eigenvalue weighted by molar-refractivity contribution is 6.26. The van der Waals surface area contributed by atoms with Gasteiger partial charge >= 0.3 is 0 Å². The molecule has 0 fully saturated rings. The summed E-state index contributed by atoms with van der Waals surface area (Å²) in [6.45, 7) is 0. The van der Waals surface area contributed by atoms with Crippen molar-refractivity contribution in [3.05, 3.63) is 193 Å². The first-order chi connectivity index (χ1) is 26.7. The highest BCUT2D eigenvalue weighted by Gasteiger charge is 2.23. The standard InChI is InChI=1S/C50H30N4/c51-31-36-25-24-35(28-37(36)32-52)48-43(33-14-4-1-5-15-33)29-39(30-44(48)34-16-6-2-7-17-34)53-46-23-13-11-21-42(46)49-47(53)27-26-41-40-20-10-12-22-45(40)54(50(41)49)38-18-8-3-9-19-38/h1-30H. The quantitative estimate of drug-likeness (QED) is 0.181. The van der Waals surface area contributed by atoms with Gasteiger partial charge in [-0.3, -0.25) is 0 Å². The summed E-state index contributed by atoms with van der Waals surface area (Å²) in [4.78, 5) is 0. The zero-order valence-electron chi connectivity index (χ0n) is 29.1. The van der Waals surface area contributed by atoms with E-state index >= 15 is 0 Å². The van der Waals surface area contributed by atoms with Crippen LogP contribution in [0, 0.1) is 22.7 Å². The Morgan fingerprint density at radius 3 is 1.56 bits per heavy atom. The van der Waals surface area contributed by atoms with Gasteiger partial charge in [-0.15, -0.1) is 0 Å². The van der Waals surface area contributed by atoms with Gasteiger partial charge in [0.25, 0.3) is 0 Å². The average Bonchev–Trinajstić information content (AvgIpc) is 3.77. The molecule has 0 aliphatic rings. The first-order valence-electron chi connectivity index (χ1n) is 18.0. The van der Waals surface area contributed by atoms with Crippen molar-refractivity contribution < 1.29 is 0 Å². The van der Waals surface area contributed by atoms with Gasteiger partial charge in [-0.2, -0.15) is 10.5 Å². The van der Waals surface area contributed by atoms with E-state index in [0.717, 1.165) is 55.8 Å². The fraction of sp³-hybridized carbons (Fsp3) is 0. The maximum atomic E-state index is 10.1. The molecular formula is C50H30N4. The lowest BCUT2D eigenvalue weighted by Crippen LogP contribution is -1.99. The van der Waals surface area contributed by atoms with E-state index in [-0.39, 0.29) is 0 Å². The minimum absolute atomic E-state index is 0.359. The summed E-state index contributed by atoms with van der Waals surface area (Å²) < 4.78 is 4.81. The van der Waals surface area contributed by atoms with Gasteiger partial charge in [-0.1, -0.05) is 127 Å². The number of aromatic nitrogens is 2. The van der Waals surface area contributed by atoms with Gasteiger partial charge in [0.15, 0.2) is 0 Å². The molecule has 250 valence electrons. The van der Waals surface area contributed by atoms with E-state index in [1.165, 1.54) is 32.6 Å². The number of fused-ring (bicyclic) bond motifs is 7. The number of nitrogens with zero attached hydrogens (tertiary/aromatic N) is 4. The van der Waals surface area contributed by atoms with E-state index in [1.54, 1.807) is 6.07 Å². The molecule has 0 spiro atoms. The van der Waals surface area contributed by atoms with Crippen LogP contribution in [0.25, 0.3) is 88.4 Å². The molecule has 0 bridgehead atoms. The van der Waals surface area contributed by atoms with Gasteiger partial charge in [-0.25, -0.2) is 0 Å². The van der Waals surface area contributed by atoms with Crippen molar-refractivity contribution in [2.45, 2.75) is 0 Å². The third kappa shape index (κ3) is 4.76. The lowest BCUT2D eigenvalue weighted by Gasteiger charge is -2.20. The van der Waals surface area contributed by atoms with Crippen LogP contribution in [0.2, 0.25) is 0 Å². The lowest BCUT2D eigenvalue weighted by atomic mass is 9.86. The predicted molar refractivity (Wildman–Crippen MR) is 221 cm³/mol. The molecule has 54 heavy (non-hydrogen) atoms. The number of para-hydroxylation sites is 3. The smallest absolute Gasteiger partial charge is 0.101 e. The summed E-state index contributed by atoms with van der Waals surface area (Å²) in [6, 6.07) is 68.0. The van der Waals surface area contributed by atoms with Gasteiger partial charge in [0.2, 0.25) is 0 Å². The van der Waals surface area contributed by atoms with Gasteiger partial charge in [0.05, 0.1) is 33.2 Å².